The van der Waals surface area contributed by atoms with Gasteiger partial charge >= 0.3 is 0 Å². The van der Waals surface area contributed by atoms with Crippen LogP contribution in [0.1, 0.15) is 0 Å². The zero-order valence-electron chi connectivity index (χ0n) is 3.27. The second-order valence-electron chi connectivity index (χ2n) is 1.14. The highest BCUT2D eigenvalue weighted by Crippen LogP contribution is 2.14. The average molecular weight is 105 g/mol. The van der Waals surface area contributed by atoms with Crippen molar-refractivity contribution in [1.29, 1.82) is 0 Å². The van der Waals surface area contributed by atoms with Crippen LogP contribution >= 0.6 is 8.88 Å². The lowest BCUT2D eigenvalue weighted by Gasteiger charge is -2.16. The van der Waals surface area contributed by atoms with Crippen LogP contribution in [0.2, 0.25) is 0 Å². The summed E-state index contributed by atoms with van der Waals surface area (Å²) in [6.07, 6.45) is 0. The van der Waals surface area contributed by atoms with E-state index in [2.05, 4.69) is 5.09 Å². The van der Waals surface area contributed by atoms with E-state index in [-0.39, 0.29) is 0 Å². The topological polar surface area (TPSA) is 38.3 Å². The Morgan fingerprint density at radius 1 is 1.83 bits per heavy atom. The maximum Gasteiger partial charge on any atom is 0.0120 e. The van der Waals surface area contributed by atoms with E-state index in [0.717, 1.165) is 11.4 Å². The first kappa shape index (κ1) is 4.47. The van der Waals surface area contributed by atoms with Crippen LogP contribution in [0.25, 0.3) is 0 Å². The van der Waals surface area contributed by atoms with Crippen molar-refractivity contribution in [2.24, 2.45) is 0 Å². The van der Waals surface area contributed by atoms with Crippen molar-refractivity contribution in [3.8, 4) is 0 Å². The van der Waals surface area contributed by atoms with Gasteiger partial charge in [0.2, 0.25) is 0 Å². The minimum Gasteiger partial charge on any atom is -0.781 e. The van der Waals surface area contributed by atoms with Crippen LogP contribution < -0.4 is 5.09 Å². The minimum atomic E-state index is 0.310. The van der Waals surface area contributed by atoms with Gasteiger partial charge in [-0.3, -0.25) is 5.09 Å². The Morgan fingerprint density at radius 3 is 2.83 bits per heavy atom. The third-order valence-electron chi connectivity index (χ3n) is 0.644. The van der Waals surface area contributed by atoms with Crippen molar-refractivity contribution in [3.63, 3.8) is 0 Å². The van der Waals surface area contributed by atoms with Crippen molar-refractivity contribution in [2.45, 2.75) is 0 Å². The second-order valence-corrected chi connectivity index (χ2v) is 2.22. The summed E-state index contributed by atoms with van der Waals surface area (Å²) in [4.78, 5) is 1.03. The molecule has 1 rings (SSSR count). The minimum absolute atomic E-state index is 0.310. The van der Waals surface area contributed by atoms with Crippen LogP contribution in [-0.2, 0) is 0 Å². The molecule has 0 aromatic heterocycles. The molecule has 0 aliphatic carbocycles. The summed E-state index contributed by atoms with van der Waals surface area (Å²) in [5.74, 6) is 0. The van der Waals surface area contributed by atoms with E-state index in [9.17, 15) is 5.21 Å². The van der Waals surface area contributed by atoms with Gasteiger partial charge in [-0.05, 0) is 0 Å². The number of hydroxylamine groups is 1. The highest BCUT2D eigenvalue weighted by Gasteiger charge is 1.96. The van der Waals surface area contributed by atoms with Crippen LogP contribution in [-0.4, -0.2) is 17.9 Å². The first-order valence-corrected chi connectivity index (χ1v) is 2.77. The van der Waals surface area contributed by atoms with Crippen molar-refractivity contribution in [2.75, 3.05) is 13.1 Å². The number of hydrogen-bond donors (Lipinski definition) is 1. The van der Waals surface area contributed by atoms with Gasteiger partial charge in [-0.2, -0.15) is 0 Å². The molecule has 0 amide bonds. The van der Waals surface area contributed by atoms with Crippen molar-refractivity contribution in [3.05, 3.63) is 5.21 Å². The number of rotatable bonds is 0. The molecular formula is C2H6N2OP-. The van der Waals surface area contributed by atoms with Gasteiger partial charge in [0, 0.05) is 22.0 Å². The largest absolute Gasteiger partial charge is 0.781 e. The molecule has 6 heavy (non-hydrogen) atoms. The standard InChI is InChI=1S/C2H6N2OP/c5-4-2-1-3-6-4/h3,6H,1-2H2/q-1. The quantitative estimate of drug-likeness (QED) is 0.437. The van der Waals surface area contributed by atoms with Crippen molar-refractivity contribution >= 4 is 8.88 Å². The fraction of sp³-hybridized carbons (Fsp3) is 1.00. The Hall–Kier alpha value is 0.310. The fourth-order valence-electron chi connectivity index (χ4n) is 0.357. The third kappa shape index (κ3) is 0.884. The molecule has 0 saturated carbocycles. The Bertz CT molecular complexity index is 44.8. The van der Waals surface area contributed by atoms with Crippen molar-refractivity contribution in [1.82, 2.24) is 9.92 Å². The first-order chi connectivity index (χ1) is 2.89. The molecule has 0 radical (unpaired) electrons. The SMILES string of the molecule is [O-]N1CCNP1. The molecule has 1 aliphatic heterocycles. The molecule has 1 fully saturated rings. The van der Waals surface area contributed by atoms with Gasteiger partial charge in [-0.1, -0.05) is 0 Å². The van der Waals surface area contributed by atoms with Gasteiger partial charge in [0.1, 0.15) is 0 Å². The molecule has 1 aliphatic rings. The maximum atomic E-state index is 10.1. The molecule has 3 nitrogen and oxygen atoms in total. The summed E-state index contributed by atoms with van der Waals surface area (Å²) in [5.41, 5.74) is 0. The summed E-state index contributed by atoms with van der Waals surface area (Å²) < 4.78 is 0. The first-order valence-electron chi connectivity index (χ1n) is 1.83. The number of nitrogens with zero attached hydrogens (tertiary/aromatic N) is 1. The molecule has 1 N–H and O–H groups in total. The Kier molecular flexibility index (Phi) is 1.37. The summed E-state index contributed by atoms with van der Waals surface area (Å²) in [6, 6.07) is 0. The fourth-order valence-corrected chi connectivity index (χ4v) is 0.981. The van der Waals surface area contributed by atoms with E-state index < -0.39 is 0 Å². The van der Waals surface area contributed by atoms with E-state index in [1.165, 1.54) is 0 Å². The lowest BCUT2D eigenvalue weighted by Crippen LogP contribution is -2.01. The molecule has 36 valence electrons. The molecule has 1 heterocycles. The molecule has 0 aromatic carbocycles. The molecule has 4 heteroatoms. The predicted molar refractivity (Wildman–Crippen MR) is 26.4 cm³/mol. The van der Waals surface area contributed by atoms with E-state index in [4.69, 9.17) is 0 Å². The Labute approximate surface area is 38.2 Å². The second kappa shape index (κ2) is 1.85. The lowest BCUT2D eigenvalue weighted by molar-refractivity contribution is 0.664. The molecule has 0 spiro atoms. The Morgan fingerprint density at radius 2 is 2.67 bits per heavy atom. The summed E-state index contributed by atoms with van der Waals surface area (Å²) >= 11 is 0. The summed E-state index contributed by atoms with van der Waals surface area (Å²) in [7, 11) is 0.310. The van der Waals surface area contributed by atoms with Crippen LogP contribution in [0.4, 0.5) is 0 Å². The van der Waals surface area contributed by atoms with E-state index in [1.54, 1.807) is 0 Å². The predicted octanol–water partition coefficient (Wildman–Crippen LogP) is -0.102. The van der Waals surface area contributed by atoms with Crippen LogP contribution in [0, 0.1) is 5.21 Å². The molecule has 0 bridgehead atoms. The number of hydrogen-bond acceptors (Lipinski definition) is 3. The highest BCUT2D eigenvalue weighted by molar-refractivity contribution is 7.33. The van der Waals surface area contributed by atoms with Crippen LogP contribution in [0.5, 0.6) is 0 Å². The molecular weight excluding hydrogens is 99.0 g/mol. The summed E-state index contributed by atoms with van der Waals surface area (Å²) in [6.45, 7) is 1.53. The van der Waals surface area contributed by atoms with E-state index >= 15 is 0 Å². The van der Waals surface area contributed by atoms with Crippen LogP contribution in [0.15, 0.2) is 0 Å². The number of nitrogens with one attached hydrogen (secondary N) is 1. The van der Waals surface area contributed by atoms with Gasteiger partial charge in [0.15, 0.2) is 0 Å². The maximum absolute atomic E-state index is 10.1. The summed E-state index contributed by atoms with van der Waals surface area (Å²) in [5, 5.41) is 13.0. The zero-order valence-corrected chi connectivity index (χ0v) is 4.27. The van der Waals surface area contributed by atoms with Crippen molar-refractivity contribution < 1.29 is 0 Å². The van der Waals surface area contributed by atoms with Gasteiger partial charge in [-0.15, -0.1) is 0 Å². The molecule has 1 atom stereocenters. The normalized spacial score (nSPS) is 29.5. The molecule has 1 saturated heterocycles. The van der Waals surface area contributed by atoms with Gasteiger partial charge in [0.05, 0.1) is 0 Å². The Balaban J connectivity index is 2.18. The van der Waals surface area contributed by atoms with E-state index in [1.807, 2.05) is 0 Å². The molecule has 0 aromatic rings. The highest BCUT2D eigenvalue weighted by atomic mass is 31.1. The van der Waals surface area contributed by atoms with Gasteiger partial charge < -0.3 is 10.0 Å². The monoisotopic (exact) mass is 105 g/mol. The zero-order chi connectivity index (χ0) is 4.41. The van der Waals surface area contributed by atoms with Gasteiger partial charge in [0.25, 0.3) is 0 Å². The molecule has 1 unspecified atom stereocenters. The van der Waals surface area contributed by atoms with Crippen LogP contribution in [0.3, 0.4) is 0 Å². The third-order valence-corrected chi connectivity index (χ3v) is 1.52. The van der Waals surface area contributed by atoms with Gasteiger partial charge in [-0.25, -0.2) is 0 Å². The van der Waals surface area contributed by atoms with E-state index in [0.29, 0.717) is 15.4 Å². The smallest absolute Gasteiger partial charge is 0.0120 e. The average Bonchev–Trinajstić information content (AvgIpc) is 1.86. The lowest BCUT2D eigenvalue weighted by atomic mass is 10.7.